The summed E-state index contributed by atoms with van der Waals surface area (Å²) in [5.41, 5.74) is 6.92. The summed E-state index contributed by atoms with van der Waals surface area (Å²) >= 11 is 0. The number of carbonyl (C=O) groups is 5. The molecule has 0 bridgehead atoms. The highest BCUT2D eigenvalue weighted by Crippen LogP contribution is 2.57. The summed E-state index contributed by atoms with van der Waals surface area (Å²) in [5.74, 6) is -6.28. The number of ether oxygens (including phenoxy) is 18. The summed E-state index contributed by atoms with van der Waals surface area (Å²) in [6, 6.07) is 120. The molecule has 0 amide bonds. The molecule has 143 heavy (non-hydrogen) atoms. The van der Waals surface area contributed by atoms with Crippen molar-refractivity contribution in [3.05, 3.63) is 489 Å². The standard InChI is InChI=1S/C120H100O23/c1-81(121)139-120-115(143-117(123)95-64-100(128-70-84-42-18-4-19-43-84)108(133-75-89-52-28-9-29-53-89)101(65-95)129-71-85-44-20-5-21-45-85)114(142-116(122)94-62-98(126-68-82-38-14-2-15-39-82)107(132-74-88-50-26-8-27-51-88)99(63-94)127-69-83-40-16-3-17-41-83)111-104(140-120)80-138-118(124)96-66-102(130-72-86-46-22-6-23-47-86)109(134-76-90-54-30-10-31-55-90)112(136-78-92-58-34-12-35-59-92)105(96)106-97(119(125)141-111)67-103(131-73-87-48-24-7-25-49-87)110(135-77-91-56-32-11-33-57-91)113(106)137-79-93-60-36-13-37-61-93/h2-67,104,111,114-115,120H,68-80H2,1H3. The van der Waals surface area contributed by atoms with Crippen molar-refractivity contribution in [2.75, 3.05) is 6.61 Å². The fourth-order valence-electron chi connectivity index (χ4n) is 16.2. The zero-order valence-corrected chi connectivity index (χ0v) is 78.1. The van der Waals surface area contributed by atoms with Crippen molar-refractivity contribution in [3.63, 3.8) is 0 Å². The van der Waals surface area contributed by atoms with Gasteiger partial charge in [0.2, 0.25) is 35.4 Å². The van der Waals surface area contributed by atoms with Crippen molar-refractivity contribution >= 4 is 29.8 Å². The van der Waals surface area contributed by atoms with Crippen molar-refractivity contribution in [1.29, 1.82) is 0 Å². The molecule has 16 aromatic rings. The van der Waals surface area contributed by atoms with Crippen LogP contribution in [-0.4, -0.2) is 67.2 Å². The minimum Gasteiger partial charge on any atom is -0.485 e. The van der Waals surface area contributed by atoms with Gasteiger partial charge in [0.15, 0.2) is 58.2 Å². The highest BCUT2D eigenvalue weighted by Gasteiger charge is 2.56. The van der Waals surface area contributed by atoms with Gasteiger partial charge in [-0.05, 0) is 103 Å². The highest BCUT2D eigenvalue weighted by molar-refractivity contribution is 6.09. The van der Waals surface area contributed by atoms with Crippen LogP contribution < -0.4 is 56.8 Å². The first kappa shape index (κ1) is 95.7. The normalized spacial score (nSPS) is 14.6. The van der Waals surface area contributed by atoms with Gasteiger partial charge in [-0.1, -0.05) is 364 Å². The minimum absolute atomic E-state index is 0.00111. The molecule has 5 unspecified atom stereocenters. The van der Waals surface area contributed by atoms with Crippen LogP contribution in [0.25, 0.3) is 11.1 Å². The van der Waals surface area contributed by atoms with E-state index in [0.29, 0.717) is 27.8 Å². The maximum atomic E-state index is 17.8. The molecule has 0 aliphatic carbocycles. The third kappa shape index (κ3) is 25.3. The van der Waals surface area contributed by atoms with Gasteiger partial charge in [-0.15, -0.1) is 0 Å². The molecule has 0 spiro atoms. The molecule has 16 aromatic carbocycles. The molecule has 18 rings (SSSR count). The summed E-state index contributed by atoms with van der Waals surface area (Å²) in [6.07, 6.45) is -10.7. The van der Waals surface area contributed by atoms with Crippen LogP contribution in [0.4, 0.5) is 0 Å². The molecule has 0 radical (unpaired) electrons. The van der Waals surface area contributed by atoms with Crippen LogP contribution >= 0.6 is 0 Å². The molecule has 23 nitrogen and oxygen atoms in total. The molecule has 0 N–H and O–H groups in total. The van der Waals surface area contributed by atoms with Gasteiger partial charge >= 0.3 is 29.8 Å². The van der Waals surface area contributed by atoms with E-state index in [1.165, 1.54) is 36.4 Å². The third-order valence-electron chi connectivity index (χ3n) is 23.4. The van der Waals surface area contributed by atoms with Gasteiger partial charge in [-0.25, -0.2) is 19.2 Å². The van der Waals surface area contributed by atoms with E-state index in [4.69, 9.17) is 85.3 Å². The van der Waals surface area contributed by atoms with Gasteiger partial charge in [0, 0.05) is 18.1 Å². The van der Waals surface area contributed by atoms with Gasteiger partial charge in [0.25, 0.3) is 0 Å². The Hall–Kier alpha value is -17.6. The zero-order chi connectivity index (χ0) is 97.7. The third-order valence-corrected chi connectivity index (χ3v) is 23.4. The van der Waals surface area contributed by atoms with E-state index in [9.17, 15) is 4.79 Å². The van der Waals surface area contributed by atoms with Crippen LogP contribution in [0.2, 0.25) is 0 Å². The maximum absolute atomic E-state index is 17.8. The van der Waals surface area contributed by atoms with E-state index < -0.39 is 72.7 Å². The molecule has 5 atom stereocenters. The number of benzene rings is 16. The van der Waals surface area contributed by atoms with Crippen molar-refractivity contribution in [3.8, 4) is 80.1 Å². The van der Waals surface area contributed by atoms with Gasteiger partial charge in [-0.2, -0.15) is 0 Å². The molecule has 2 heterocycles. The number of carbonyl (C=O) groups excluding carboxylic acids is 5. The SMILES string of the molecule is CC(=O)OC1OC2COC(=O)c3cc(OCc4ccccc4)c(OCc4ccccc4)c(OCc4ccccc4)c3-c3c(cc(OCc4ccccc4)c(OCc4ccccc4)c3OCc3ccccc3)C(=O)OC2C(OC(=O)c2cc(OCc3ccccc3)c(OCc3ccccc3)c(OCc3ccccc3)c2)C1OC(=O)c1cc(OCc2ccccc2)c(OCc2ccccc2)c(OCc2ccccc2)c1. The second-order valence-electron chi connectivity index (χ2n) is 33.7. The molecule has 2 aliphatic heterocycles. The van der Waals surface area contributed by atoms with Crippen molar-refractivity contribution in [2.24, 2.45) is 0 Å². The van der Waals surface area contributed by atoms with Crippen LogP contribution in [0.5, 0.6) is 69.0 Å². The maximum Gasteiger partial charge on any atom is 0.339 e. The van der Waals surface area contributed by atoms with Crippen molar-refractivity contribution in [2.45, 2.75) is 117 Å². The molecule has 718 valence electrons. The molecule has 1 saturated heterocycles. The smallest absolute Gasteiger partial charge is 0.339 e. The summed E-state index contributed by atoms with van der Waals surface area (Å²) in [7, 11) is 0. The van der Waals surface area contributed by atoms with Crippen LogP contribution in [0.3, 0.4) is 0 Å². The van der Waals surface area contributed by atoms with Crippen molar-refractivity contribution in [1.82, 2.24) is 0 Å². The number of hydrogen-bond donors (Lipinski definition) is 0. The second-order valence-corrected chi connectivity index (χ2v) is 33.7. The van der Waals surface area contributed by atoms with E-state index in [-0.39, 0.29) is 176 Å². The Labute approximate surface area is 827 Å². The van der Waals surface area contributed by atoms with Gasteiger partial charge < -0.3 is 85.3 Å². The topological polar surface area (TPSA) is 251 Å². The molecule has 2 aliphatic rings. The summed E-state index contributed by atoms with van der Waals surface area (Å²) in [6.45, 7) is -1.06. The van der Waals surface area contributed by atoms with Gasteiger partial charge in [-0.3, -0.25) is 4.79 Å². The van der Waals surface area contributed by atoms with Crippen LogP contribution in [0.15, 0.2) is 400 Å². The van der Waals surface area contributed by atoms with E-state index >= 15 is 19.2 Å². The average Bonchev–Trinajstić information content (AvgIpc) is 1.54. The minimum atomic E-state index is -2.24. The number of rotatable bonds is 41. The Morgan fingerprint density at radius 3 is 0.720 bits per heavy atom. The fraction of sp³-hybridized carbons (Fsp3) is 0.158. The predicted octanol–water partition coefficient (Wildman–Crippen LogP) is 23.7. The average molecular weight is 1910 g/mol. The van der Waals surface area contributed by atoms with E-state index in [0.717, 1.165) is 45.9 Å². The largest absolute Gasteiger partial charge is 0.485 e. The Bertz CT molecular complexity index is 6800. The van der Waals surface area contributed by atoms with Crippen molar-refractivity contribution < 1.29 is 109 Å². The lowest BCUT2D eigenvalue weighted by Crippen LogP contribution is -2.63. The molecule has 1 fully saturated rings. The first-order chi connectivity index (χ1) is 70.4. The first-order valence-corrected chi connectivity index (χ1v) is 46.8. The van der Waals surface area contributed by atoms with E-state index in [2.05, 4.69) is 0 Å². The lowest BCUT2D eigenvalue weighted by molar-refractivity contribution is -0.289. The summed E-state index contributed by atoms with van der Waals surface area (Å²) in [4.78, 5) is 82.6. The lowest BCUT2D eigenvalue weighted by Gasteiger charge is -2.43. The fourth-order valence-corrected chi connectivity index (χ4v) is 16.2. The van der Waals surface area contributed by atoms with E-state index in [1.54, 1.807) is 0 Å². The number of fused-ring (bicyclic) bond motifs is 4. The zero-order valence-electron chi connectivity index (χ0n) is 78.1. The molecule has 0 saturated carbocycles. The first-order valence-electron chi connectivity index (χ1n) is 46.8. The second kappa shape index (κ2) is 47.7. The quantitative estimate of drug-likeness (QED) is 0.0255. The molecule has 0 aromatic heterocycles. The predicted molar refractivity (Wildman–Crippen MR) is 532 cm³/mol. The number of cyclic esters (lactones) is 1. The van der Waals surface area contributed by atoms with Crippen LogP contribution in [-0.2, 0) is 112 Å². The van der Waals surface area contributed by atoms with Gasteiger partial charge in [0.1, 0.15) is 92.0 Å². The highest BCUT2D eigenvalue weighted by atomic mass is 16.7. The summed E-state index contributed by atoms with van der Waals surface area (Å²) < 4.78 is 125. The Kier molecular flexibility index (Phi) is 31.9. The molecular formula is C120H100O23. The molecular weight excluding hydrogens is 1810 g/mol. The Balaban J connectivity index is 0.865. The lowest BCUT2D eigenvalue weighted by atomic mass is 9.91. The van der Waals surface area contributed by atoms with Crippen LogP contribution in [0.1, 0.15) is 115 Å². The van der Waals surface area contributed by atoms with Gasteiger partial charge in [0.05, 0.1) is 22.3 Å². The number of esters is 5. The monoisotopic (exact) mass is 1910 g/mol. The van der Waals surface area contributed by atoms with Crippen LogP contribution in [0, 0.1) is 0 Å². The Morgan fingerprint density at radius 1 is 0.252 bits per heavy atom. The molecule has 23 heteroatoms. The number of hydrogen-bond acceptors (Lipinski definition) is 23. The van der Waals surface area contributed by atoms with E-state index in [1.807, 2.05) is 364 Å². The Morgan fingerprint density at radius 2 is 0.469 bits per heavy atom. The summed E-state index contributed by atoms with van der Waals surface area (Å²) in [5, 5.41) is 0.